The summed E-state index contributed by atoms with van der Waals surface area (Å²) in [5, 5.41) is 3.13. The van der Waals surface area contributed by atoms with Gasteiger partial charge in [0.2, 0.25) is 0 Å². The normalized spacial score (nSPS) is 11.3. The highest BCUT2D eigenvalue weighted by molar-refractivity contribution is 6.37. The molecule has 58 valence electrons. The Morgan fingerprint density at radius 1 is 1.55 bits per heavy atom. The van der Waals surface area contributed by atoms with Gasteiger partial charge in [-0.3, -0.25) is 0 Å². The van der Waals surface area contributed by atoms with Crippen LogP contribution in [0, 0.1) is 0 Å². The number of nitrogens with one attached hydrogen (secondary N) is 1. The van der Waals surface area contributed by atoms with Crippen molar-refractivity contribution >= 4 is 29.0 Å². The maximum absolute atomic E-state index is 5.58. The molecular formula is C7H6Cl2N2. The summed E-state index contributed by atoms with van der Waals surface area (Å²) in [5.41, 5.74) is 1.25. The molecule has 0 spiro atoms. The number of nitrogens with zero attached hydrogens (tertiary/aromatic N) is 1. The summed E-state index contributed by atoms with van der Waals surface area (Å²) in [4.78, 5) is 3.97. The first-order chi connectivity index (χ1) is 5.33. The smallest absolute Gasteiger partial charge is 0.130 e. The first kappa shape index (κ1) is 8.37. The second-order valence-electron chi connectivity index (χ2n) is 1.80. The standard InChI is InChI=1S/C7H6Cl2N2/c8-5-6(9)11-7-3-1-2-4-10-7/h1-5H,(H,10,11). The molecule has 0 aliphatic heterocycles. The van der Waals surface area contributed by atoms with E-state index in [9.17, 15) is 0 Å². The number of hydrogen-bond acceptors (Lipinski definition) is 2. The predicted molar refractivity (Wildman–Crippen MR) is 47.6 cm³/mol. The number of halogens is 2. The van der Waals surface area contributed by atoms with Gasteiger partial charge in [-0.1, -0.05) is 29.3 Å². The molecule has 1 N–H and O–H groups in total. The van der Waals surface area contributed by atoms with E-state index in [1.54, 1.807) is 12.3 Å². The van der Waals surface area contributed by atoms with Crippen LogP contribution in [0.5, 0.6) is 0 Å². The van der Waals surface area contributed by atoms with E-state index in [-0.39, 0.29) is 0 Å². The third-order valence-corrected chi connectivity index (χ3v) is 1.54. The fraction of sp³-hybridized carbons (Fsp3) is 0. The van der Waals surface area contributed by atoms with Crippen molar-refractivity contribution in [1.29, 1.82) is 0 Å². The second kappa shape index (κ2) is 4.21. The van der Waals surface area contributed by atoms with Crippen LogP contribution in [0.1, 0.15) is 0 Å². The van der Waals surface area contributed by atoms with E-state index in [0.717, 1.165) is 0 Å². The van der Waals surface area contributed by atoms with Crippen molar-refractivity contribution in [3.8, 4) is 0 Å². The lowest BCUT2D eigenvalue weighted by Crippen LogP contribution is -1.93. The lowest BCUT2D eigenvalue weighted by atomic mass is 10.5. The average molecular weight is 189 g/mol. The van der Waals surface area contributed by atoms with Crippen molar-refractivity contribution < 1.29 is 0 Å². The summed E-state index contributed by atoms with van der Waals surface area (Å²) in [5.74, 6) is 0.675. The Labute approximate surface area is 74.8 Å². The topological polar surface area (TPSA) is 24.9 Å². The van der Waals surface area contributed by atoms with Crippen LogP contribution in [0.2, 0.25) is 0 Å². The number of hydrogen-bond donors (Lipinski definition) is 1. The van der Waals surface area contributed by atoms with Crippen molar-refractivity contribution in [2.45, 2.75) is 0 Å². The minimum absolute atomic E-state index is 0.352. The molecule has 0 saturated heterocycles. The third kappa shape index (κ3) is 2.78. The molecule has 0 atom stereocenters. The molecule has 0 unspecified atom stereocenters. The fourth-order valence-corrected chi connectivity index (χ4v) is 0.738. The Kier molecular flexibility index (Phi) is 3.20. The van der Waals surface area contributed by atoms with Gasteiger partial charge in [-0.15, -0.1) is 0 Å². The van der Waals surface area contributed by atoms with Crippen molar-refractivity contribution in [3.05, 3.63) is 35.1 Å². The number of pyridine rings is 1. The van der Waals surface area contributed by atoms with E-state index in [1.807, 2.05) is 12.1 Å². The molecule has 0 aliphatic carbocycles. The van der Waals surface area contributed by atoms with Gasteiger partial charge >= 0.3 is 0 Å². The van der Waals surface area contributed by atoms with E-state index in [4.69, 9.17) is 23.2 Å². The number of anilines is 1. The van der Waals surface area contributed by atoms with Crippen molar-refractivity contribution in [2.75, 3.05) is 5.32 Å². The molecule has 0 amide bonds. The minimum atomic E-state index is 0.352. The zero-order valence-electron chi connectivity index (χ0n) is 5.59. The van der Waals surface area contributed by atoms with E-state index in [2.05, 4.69) is 10.3 Å². The Balaban J connectivity index is 2.65. The van der Waals surface area contributed by atoms with Gasteiger partial charge in [0, 0.05) is 11.7 Å². The maximum atomic E-state index is 5.58. The van der Waals surface area contributed by atoms with E-state index < -0.39 is 0 Å². The SMILES string of the molecule is ClC=C(Cl)Nc1ccccn1. The molecular weight excluding hydrogens is 183 g/mol. The average Bonchev–Trinajstić information content (AvgIpc) is 2.06. The van der Waals surface area contributed by atoms with Gasteiger partial charge in [0.15, 0.2) is 0 Å². The maximum Gasteiger partial charge on any atom is 0.130 e. The summed E-state index contributed by atoms with van der Waals surface area (Å²) in [6, 6.07) is 5.47. The molecule has 0 bridgehead atoms. The van der Waals surface area contributed by atoms with E-state index >= 15 is 0 Å². The summed E-state index contributed by atoms with van der Waals surface area (Å²) in [6.45, 7) is 0. The first-order valence-electron chi connectivity index (χ1n) is 2.97. The Morgan fingerprint density at radius 3 is 2.91 bits per heavy atom. The summed E-state index contributed by atoms with van der Waals surface area (Å²) < 4.78 is 0. The van der Waals surface area contributed by atoms with Gasteiger partial charge in [-0.2, -0.15) is 0 Å². The zero-order chi connectivity index (χ0) is 8.10. The molecule has 0 radical (unpaired) electrons. The van der Waals surface area contributed by atoms with Crippen LogP contribution >= 0.6 is 23.2 Å². The largest absolute Gasteiger partial charge is 0.330 e. The lowest BCUT2D eigenvalue weighted by Gasteiger charge is -2.00. The third-order valence-electron chi connectivity index (χ3n) is 1.01. The van der Waals surface area contributed by atoms with Crippen LogP contribution in [0.15, 0.2) is 35.1 Å². The number of rotatable bonds is 2. The molecule has 0 saturated carbocycles. The lowest BCUT2D eigenvalue weighted by molar-refractivity contribution is 1.30. The van der Waals surface area contributed by atoms with Gasteiger partial charge in [0.05, 0.1) is 0 Å². The molecule has 0 fully saturated rings. The quantitative estimate of drug-likeness (QED) is 0.723. The molecule has 2 nitrogen and oxygen atoms in total. The second-order valence-corrected chi connectivity index (χ2v) is 2.42. The predicted octanol–water partition coefficient (Wildman–Crippen LogP) is 2.77. The van der Waals surface area contributed by atoms with Gasteiger partial charge < -0.3 is 5.32 Å². The van der Waals surface area contributed by atoms with E-state index in [0.29, 0.717) is 11.0 Å². The highest BCUT2D eigenvalue weighted by Gasteiger charge is 1.91. The number of aromatic nitrogens is 1. The van der Waals surface area contributed by atoms with E-state index in [1.165, 1.54) is 5.54 Å². The summed E-state index contributed by atoms with van der Waals surface area (Å²) in [7, 11) is 0. The molecule has 1 rings (SSSR count). The molecule has 11 heavy (non-hydrogen) atoms. The monoisotopic (exact) mass is 188 g/mol. The van der Waals surface area contributed by atoms with Gasteiger partial charge in [0.25, 0.3) is 0 Å². The molecule has 4 heteroatoms. The van der Waals surface area contributed by atoms with Crippen LogP contribution in [-0.2, 0) is 0 Å². The molecule has 1 aromatic rings. The zero-order valence-corrected chi connectivity index (χ0v) is 7.10. The van der Waals surface area contributed by atoms with Crippen LogP contribution in [0.4, 0.5) is 5.82 Å². The summed E-state index contributed by atoms with van der Waals surface area (Å²) >= 11 is 10.9. The van der Waals surface area contributed by atoms with Gasteiger partial charge in [0.1, 0.15) is 11.0 Å². The highest BCUT2D eigenvalue weighted by atomic mass is 35.5. The molecule has 1 heterocycles. The first-order valence-corrected chi connectivity index (χ1v) is 3.78. The highest BCUT2D eigenvalue weighted by Crippen LogP contribution is 2.08. The van der Waals surface area contributed by atoms with Crippen molar-refractivity contribution in [1.82, 2.24) is 4.98 Å². The van der Waals surface area contributed by atoms with Crippen molar-refractivity contribution in [3.63, 3.8) is 0 Å². The fourth-order valence-electron chi connectivity index (χ4n) is 0.586. The van der Waals surface area contributed by atoms with Crippen LogP contribution in [0.3, 0.4) is 0 Å². The van der Waals surface area contributed by atoms with Crippen molar-refractivity contribution in [2.24, 2.45) is 0 Å². The van der Waals surface area contributed by atoms with Crippen LogP contribution in [-0.4, -0.2) is 4.98 Å². The summed E-state index contributed by atoms with van der Waals surface area (Å²) in [6.07, 6.45) is 1.67. The Morgan fingerprint density at radius 2 is 2.36 bits per heavy atom. The minimum Gasteiger partial charge on any atom is -0.330 e. The molecule has 0 aliphatic rings. The molecule has 0 aromatic carbocycles. The van der Waals surface area contributed by atoms with Crippen LogP contribution in [0.25, 0.3) is 0 Å². The Hall–Kier alpha value is -0.730. The van der Waals surface area contributed by atoms with Gasteiger partial charge in [-0.05, 0) is 12.1 Å². The Bertz CT molecular complexity index is 246. The van der Waals surface area contributed by atoms with Crippen LogP contribution < -0.4 is 5.32 Å². The van der Waals surface area contributed by atoms with Gasteiger partial charge in [-0.25, -0.2) is 4.98 Å². The molecule has 1 aromatic heterocycles.